The topological polar surface area (TPSA) is 84.9 Å². The molecule has 2 N–H and O–H groups in total. The maximum atomic E-state index is 12.4. The second-order valence-corrected chi connectivity index (χ2v) is 5.99. The fraction of sp³-hybridized carbons (Fsp3) is 0.556. The van der Waals surface area contributed by atoms with Crippen molar-refractivity contribution < 1.29 is 24.2 Å². The molecule has 6 nitrogen and oxygen atoms in total. The molecule has 132 valence electrons. The molecule has 0 bridgehead atoms. The summed E-state index contributed by atoms with van der Waals surface area (Å²) in [5.41, 5.74) is -0.757. The summed E-state index contributed by atoms with van der Waals surface area (Å²) in [6.45, 7) is 4.98. The van der Waals surface area contributed by atoms with Crippen LogP contribution in [0, 0.1) is 0 Å². The lowest BCUT2D eigenvalue weighted by Gasteiger charge is -2.38. The lowest BCUT2D eigenvalue weighted by atomic mass is 9.76. The lowest BCUT2D eigenvalue weighted by molar-refractivity contribution is -0.148. The molecule has 0 aliphatic heterocycles. The molecule has 1 fully saturated rings. The minimum atomic E-state index is -1.13. The van der Waals surface area contributed by atoms with Gasteiger partial charge in [0.15, 0.2) is 11.5 Å². The molecule has 6 heteroatoms. The zero-order chi connectivity index (χ0) is 17.6. The van der Waals surface area contributed by atoms with E-state index in [1.807, 2.05) is 6.92 Å². The number of benzene rings is 1. The van der Waals surface area contributed by atoms with Gasteiger partial charge in [0.05, 0.1) is 13.2 Å². The van der Waals surface area contributed by atoms with Gasteiger partial charge in [-0.15, -0.1) is 0 Å². The highest BCUT2D eigenvalue weighted by atomic mass is 16.5. The summed E-state index contributed by atoms with van der Waals surface area (Å²) in [6, 6.07) is 4.94. The third kappa shape index (κ3) is 3.99. The van der Waals surface area contributed by atoms with E-state index >= 15 is 0 Å². The summed E-state index contributed by atoms with van der Waals surface area (Å²) in [4.78, 5) is 23.8. The Kier molecular flexibility index (Phi) is 6.06. The molecule has 1 saturated carbocycles. The first kappa shape index (κ1) is 18.1. The van der Waals surface area contributed by atoms with Crippen LogP contribution in [0.1, 0.15) is 56.3 Å². The maximum absolute atomic E-state index is 12.4. The van der Waals surface area contributed by atoms with Gasteiger partial charge in [0.2, 0.25) is 0 Å². The molecule has 24 heavy (non-hydrogen) atoms. The summed E-state index contributed by atoms with van der Waals surface area (Å²) in [6.07, 6.45) is 3.70. The zero-order valence-electron chi connectivity index (χ0n) is 14.3. The van der Waals surface area contributed by atoms with Crippen LogP contribution in [0.25, 0.3) is 0 Å². The standard InChI is InChI=1S/C18H25NO5/c1-3-5-11-24-14-8-7-13(12-15(14)23-4-2)16(20)19-18(17(21)22)9-6-10-18/h7-8,12H,3-6,9-11H2,1-2H3,(H,19,20)(H,21,22). The Balaban J connectivity index is 2.13. The second kappa shape index (κ2) is 8.04. The average Bonchev–Trinajstić information content (AvgIpc) is 2.52. The van der Waals surface area contributed by atoms with Crippen LogP contribution < -0.4 is 14.8 Å². The average molecular weight is 335 g/mol. The number of unbranched alkanes of at least 4 members (excludes halogenated alkanes) is 1. The first-order chi connectivity index (χ1) is 11.5. The van der Waals surface area contributed by atoms with Gasteiger partial charge < -0.3 is 19.9 Å². The van der Waals surface area contributed by atoms with Gasteiger partial charge in [-0.05, 0) is 50.8 Å². The van der Waals surface area contributed by atoms with Gasteiger partial charge in [0.25, 0.3) is 5.91 Å². The Morgan fingerprint density at radius 1 is 1.21 bits per heavy atom. The number of hydrogen-bond donors (Lipinski definition) is 2. The first-order valence-corrected chi connectivity index (χ1v) is 8.48. The molecule has 0 saturated heterocycles. The number of hydrogen-bond acceptors (Lipinski definition) is 4. The van der Waals surface area contributed by atoms with Crippen molar-refractivity contribution in [3.05, 3.63) is 23.8 Å². The highest BCUT2D eigenvalue weighted by Gasteiger charge is 2.45. The van der Waals surface area contributed by atoms with E-state index < -0.39 is 17.4 Å². The summed E-state index contributed by atoms with van der Waals surface area (Å²) >= 11 is 0. The summed E-state index contributed by atoms with van der Waals surface area (Å²) < 4.78 is 11.2. The highest BCUT2D eigenvalue weighted by molar-refractivity contribution is 5.98. The van der Waals surface area contributed by atoms with E-state index in [4.69, 9.17) is 9.47 Å². The number of carbonyl (C=O) groups excluding carboxylic acids is 1. The largest absolute Gasteiger partial charge is 0.490 e. The SMILES string of the molecule is CCCCOc1ccc(C(=O)NC2(C(=O)O)CCC2)cc1OCC. The zero-order valence-corrected chi connectivity index (χ0v) is 14.3. The van der Waals surface area contributed by atoms with E-state index in [2.05, 4.69) is 12.2 Å². The molecular formula is C18H25NO5. The quantitative estimate of drug-likeness (QED) is 0.678. The molecule has 1 amide bonds. The van der Waals surface area contributed by atoms with Gasteiger partial charge in [0.1, 0.15) is 5.54 Å². The van der Waals surface area contributed by atoms with Crippen LogP contribution in [-0.2, 0) is 4.79 Å². The number of carbonyl (C=O) groups is 2. The smallest absolute Gasteiger partial charge is 0.329 e. The Morgan fingerprint density at radius 2 is 1.96 bits per heavy atom. The number of carboxylic acid groups (broad SMARTS) is 1. The van der Waals surface area contributed by atoms with E-state index in [1.54, 1.807) is 18.2 Å². The predicted octanol–water partition coefficient (Wildman–Crippen LogP) is 3.00. The van der Waals surface area contributed by atoms with Crippen LogP contribution in [0.15, 0.2) is 18.2 Å². The molecule has 0 spiro atoms. The van der Waals surface area contributed by atoms with Crippen LogP contribution >= 0.6 is 0 Å². The molecule has 2 rings (SSSR count). The van der Waals surface area contributed by atoms with E-state index in [1.165, 1.54) is 0 Å². The minimum Gasteiger partial charge on any atom is -0.490 e. The molecule has 1 aromatic carbocycles. The maximum Gasteiger partial charge on any atom is 0.329 e. The van der Waals surface area contributed by atoms with Crippen LogP contribution in [0.3, 0.4) is 0 Å². The monoisotopic (exact) mass is 335 g/mol. The normalized spacial score (nSPS) is 15.2. The number of amides is 1. The summed E-state index contributed by atoms with van der Waals surface area (Å²) in [5, 5.41) is 12.0. The van der Waals surface area contributed by atoms with Crippen LogP contribution in [0.4, 0.5) is 0 Å². The van der Waals surface area contributed by atoms with E-state index in [0.717, 1.165) is 19.3 Å². The van der Waals surface area contributed by atoms with E-state index in [0.29, 0.717) is 43.1 Å². The van der Waals surface area contributed by atoms with Gasteiger partial charge in [-0.1, -0.05) is 13.3 Å². The van der Waals surface area contributed by atoms with Gasteiger partial charge in [-0.25, -0.2) is 4.79 Å². The third-order valence-corrected chi connectivity index (χ3v) is 4.23. The number of aliphatic carboxylic acids is 1. The Hall–Kier alpha value is -2.24. The number of ether oxygens (including phenoxy) is 2. The molecule has 1 aromatic rings. The Labute approximate surface area is 142 Å². The molecule has 0 radical (unpaired) electrons. The summed E-state index contributed by atoms with van der Waals surface area (Å²) in [7, 11) is 0. The van der Waals surface area contributed by atoms with E-state index in [9.17, 15) is 14.7 Å². The van der Waals surface area contributed by atoms with Crippen LogP contribution in [-0.4, -0.2) is 35.7 Å². The highest BCUT2D eigenvalue weighted by Crippen LogP contribution is 2.33. The molecule has 0 heterocycles. The van der Waals surface area contributed by atoms with Gasteiger partial charge in [-0.3, -0.25) is 4.79 Å². The molecule has 1 aliphatic rings. The van der Waals surface area contributed by atoms with Crippen LogP contribution in [0.2, 0.25) is 0 Å². The van der Waals surface area contributed by atoms with Crippen molar-refractivity contribution in [2.24, 2.45) is 0 Å². The van der Waals surface area contributed by atoms with Gasteiger partial charge in [-0.2, -0.15) is 0 Å². The molecular weight excluding hydrogens is 310 g/mol. The Bertz CT molecular complexity index is 595. The first-order valence-electron chi connectivity index (χ1n) is 8.48. The van der Waals surface area contributed by atoms with Crippen molar-refractivity contribution in [2.75, 3.05) is 13.2 Å². The number of carboxylic acids is 1. The van der Waals surface area contributed by atoms with Crippen molar-refractivity contribution in [3.8, 4) is 11.5 Å². The minimum absolute atomic E-state index is 0.369. The molecule has 0 unspecified atom stereocenters. The molecule has 1 aliphatic carbocycles. The lowest BCUT2D eigenvalue weighted by Crippen LogP contribution is -2.59. The molecule has 0 atom stereocenters. The second-order valence-electron chi connectivity index (χ2n) is 5.99. The van der Waals surface area contributed by atoms with Crippen LogP contribution in [0.5, 0.6) is 11.5 Å². The van der Waals surface area contributed by atoms with Crippen molar-refractivity contribution in [2.45, 2.75) is 51.5 Å². The van der Waals surface area contributed by atoms with Gasteiger partial charge >= 0.3 is 5.97 Å². The molecule has 0 aromatic heterocycles. The van der Waals surface area contributed by atoms with Crippen molar-refractivity contribution >= 4 is 11.9 Å². The predicted molar refractivity (Wildman–Crippen MR) is 89.7 cm³/mol. The fourth-order valence-corrected chi connectivity index (χ4v) is 2.58. The number of rotatable bonds is 9. The Morgan fingerprint density at radius 3 is 2.50 bits per heavy atom. The van der Waals surface area contributed by atoms with Crippen molar-refractivity contribution in [1.29, 1.82) is 0 Å². The van der Waals surface area contributed by atoms with E-state index in [-0.39, 0.29) is 0 Å². The number of nitrogens with one attached hydrogen (secondary N) is 1. The third-order valence-electron chi connectivity index (χ3n) is 4.23. The van der Waals surface area contributed by atoms with Crippen molar-refractivity contribution in [3.63, 3.8) is 0 Å². The summed E-state index contributed by atoms with van der Waals surface area (Å²) in [5.74, 6) is -0.289. The van der Waals surface area contributed by atoms with Gasteiger partial charge in [0, 0.05) is 5.56 Å². The van der Waals surface area contributed by atoms with Crippen molar-refractivity contribution in [1.82, 2.24) is 5.32 Å². The fourth-order valence-electron chi connectivity index (χ4n) is 2.58.